The molecule has 3 aromatic rings. The summed E-state index contributed by atoms with van der Waals surface area (Å²) in [7, 11) is 0. The zero-order valence-corrected chi connectivity index (χ0v) is 19.1. The van der Waals surface area contributed by atoms with E-state index in [0.717, 1.165) is 16.5 Å². The van der Waals surface area contributed by atoms with E-state index in [9.17, 15) is 0 Å². The van der Waals surface area contributed by atoms with E-state index in [-0.39, 0.29) is 12.1 Å². The number of benzene rings is 1. The Labute approximate surface area is 190 Å². The van der Waals surface area contributed by atoms with Crippen LogP contribution in [0.1, 0.15) is 80.4 Å². The van der Waals surface area contributed by atoms with Crippen molar-refractivity contribution in [3.8, 4) is 0 Å². The highest BCUT2D eigenvalue weighted by Crippen LogP contribution is 2.42. The van der Waals surface area contributed by atoms with E-state index < -0.39 is 0 Å². The maximum Gasteiger partial charge on any atom is 0.174 e. The van der Waals surface area contributed by atoms with Crippen LogP contribution in [-0.4, -0.2) is 14.7 Å². The summed E-state index contributed by atoms with van der Waals surface area (Å²) in [5.74, 6) is 0.509. The average molecular weight is 431 g/mol. The standard InChI is InChI=1S/C26H30N4S/c1-18(2)19-10-12-22(13-11-19)30-25(20-14-16-29(17-20)21-7-3-4-8-21)24(28-26(30)31)23-9-5-6-15-27-23/h5-6,9-18,21,24-25H,3-4,7-8H2,1-2H3,(H,28,31)/t24-,25-/m1/s1. The second-order valence-corrected chi connectivity index (χ2v) is 9.46. The van der Waals surface area contributed by atoms with Crippen LogP contribution in [-0.2, 0) is 0 Å². The van der Waals surface area contributed by atoms with Gasteiger partial charge in [-0.05, 0) is 72.4 Å². The van der Waals surface area contributed by atoms with E-state index >= 15 is 0 Å². The Morgan fingerprint density at radius 2 is 1.81 bits per heavy atom. The third-order valence-corrected chi connectivity index (χ3v) is 7.08. The Morgan fingerprint density at radius 3 is 2.48 bits per heavy atom. The van der Waals surface area contributed by atoms with Crippen molar-refractivity contribution in [2.24, 2.45) is 0 Å². The lowest BCUT2D eigenvalue weighted by molar-refractivity contribution is 0.515. The molecule has 2 aliphatic rings. The van der Waals surface area contributed by atoms with E-state index in [4.69, 9.17) is 12.2 Å². The van der Waals surface area contributed by atoms with Gasteiger partial charge in [0.2, 0.25) is 0 Å². The summed E-state index contributed by atoms with van der Waals surface area (Å²) < 4.78 is 2.42. The second kappa shape index (κ2) is 8.46. The van der Waals surface area contributed by atoms with Crippen LogP contribution in [0, 0.1) is 0 Å². The van der Waals surface area contributed by atoms with Crippen LogP contribution in [0.25, 0.3) is 0 Å². The molecule has 3 heterocycles. The third kappa shape index (κ3) is 3.87. The molecular weight excluding hydrogens is 400 g/mol. The van der Waals surface area contributed by atoms with Gasteiger partial charge >= 0.3 is 0 Å². The van der Waals surface area contributed by atoms with Crippen molar-refractivity contribution < 1.29 is 0 Å². The first-order chi connectivity index (χ1) is 15.1. The van der Waals surface area contributed by atoms with Gasteiger partial charge in [-0.3, -0.25) is 4.98 Å². The first-order valence-electron chi connectivity index (χ1n) is 11.4. The van der Waals surface area contributed by atoms with Gasteiger partial charge in [0.25, 0.3) is 0 Å². The second-order valence-electron chi connectivity index (χ2n) is 9.07. The number of nitrogens with one attached hydrogen (secondary N) is 1. The van der Waals surface area contributed by atoms with Crippen LogP contribution in [0.5, 0.6) is 0 Å². The number of pyridine rings is 1. The number of thiocarbonyl (C=S) groups is 1. The molecule has 1 aliphatic heterocycles. The quantitative estimate of drug-likeness (QED) is 0.482. The Bertz CT molecular complexity index is 1030. The van der Waals surface area contributed by atoms with Crippen LogP contribution in [0.4, 0.5) is 5.69 Å². The molecule has 2 atom stereocenters. The summed E-state index contributed by atoms with van der Waals surface area (Å²) in [5.41, 5.74) is 4.76. The Balaban J connectivity index is 1.54. The fraction of sp³-hybridized carbons (Fsp3) is 0.385. The van der Waals surface area contributed by atoms with Gasteiger partial charge in [0, 0.05) is 30.3 Å². The molecule has 2 aromatic heterocycles. The van der Waals surface area contributed by atoms with Crippen LogP contribution >= 0.6 is 12.2 Å². The molecule has 2 fully saturated rings. The number of anilines is 1. The van der Waals surface area contributed by atoms with Crippen molar-refractivity contribution in [2.45, 2.75) is 63.6 Å². The lowest BCUT2D eigenvalue weighted by Gasteiger charge is -2.27. The molecule has 0 unspecified atom stereocenters. The van der Waals surface area contributed by atoms with Crippen LogP contribution in [0.3, 0.4) is 0 Å². The molecule has 1 aromatic carbocycles. The molecule has 31 heavy (non-hydrogen) atoms. The summed E-state index contributed by atoms with van der Waals surface area (Å²) in [5, 5.41) is 4.33. The molecule has 5 heteroatoms. The smallest absolute Gasteiger partial charge is 0.174 e. The van der Waals surface area contributed by atoms with Crippen LogP contribution in [0.2, 0.25) is 0 Å². The summed E-state index contributed by atoms with van der Waals surface area (Å²) in [6.45, 7) is 4.45. The van der Waals surface area contributed by atoms with Gasteiger partial charge in [-0.1, -0.05) is 44.9 Å². The SMILES string of the molecule is CC(C)c1ccc(N2C(=S)N[C@H](c3ccccn3)[C@H]2c2ccn(C3CCCC3)c2)cc1. The Morgan fingerprint density at radius 1 is 1.03 bits per heavy atom. The summed E-state index contributed by atoms with van der Waals surface area (Å²) in [6.07, 6.45) is 11.7. The number of hydrogen-bond donors (Lipinski definition) is 1. The van der Waals surface area contributed by atoms with Crippen LogP contribution in [0.15, 0.2) is 67.1 Å². The van der Waals surface area contributed by atoms with Crippen molar-refractivity contribution in [3.63, 3.8) is 0 Å². The fourth-order valence-corrected chi connectivity index (χ4v) is 5.37. The molecule has 0 radical (unpaired) electrons. The van der Waals surface area contributed by atoms with E-state index in [2.05, 4.69) is 82.4 Å². The maximum atomic E-state index is 5.86. The number of nitrogens with zero attached hydrogens (tertiary/aromatic N) is 3. The van der Waals surface area contributed by atoms with Crippen molar-refractivity contribution in [1.82, 2.24) is 14.9 Å². The zero-order valence-electron chi connectivity index (χ0n) is 18.2. The molecule has 1 saturated carbocycles. The first-order valence-corrected chi connectivity index (χ1v) is 11.8. The Kier molecular flexibility index (Phi) is 5.53. The fourth-order valence-electron chi connectivity index (χ4n) is 5.03. The predicted octanol–water partition coefficient (Wildman–Crippen LogP) is 6.30. The topological polar surface area (TPSA) is 33.1 Å². The number of rotatable bonds is 5. The molecule has 1 N–H and O–H groups in total. The lowest BCUT2D eigenvalue weighted by Crippen LogP contribution is -2.29. The monoisotopic (exact) mass is 430 g/mol. The van der Waals surface area contributed by atoms with Gasteiger partial charge in [-0.15, -0.1) is 0 Å². The van der Waals surface area contributed by atoms with Gasteiger partial charge in [-0.25, -0.2) is 0 Å². The molecule has 0 spiro atoms. The molecule has 160 valence electrons. The molecule has 0 bridgehead atoms. The summed E-state index contributed by atoms with van der Waals surface area (Å²) in [6, 6.07) is 17.9. The molecule has 5 rings (SSSR count). The van der Waals surface area contributed by atoms with Crippen molar-refractivity contribution in [1.29, 1.82) is 0 Å². The highest BCUT2D eigenvalue weighted by Gasteiger charge is 2.41. The molecule has 4 nitrogen and oxygen atoms in total. The minimum Gasteiger partial charge on any atom is -0.351 e. The number of aromatic nitrogens is 2. The largest absolute Gasteiger partial charge is 0.351 e. The summed E-state index contributed by atoms with van der Waals surface area (Å²) >= 11 is 5.86. The van der Waals surface area contributed by atoms with Gasteiger partial charge in [-0.2, -0.15) is 0 Å². The van der Waals surface area contributed by atoms with Crippen molar-refractivity contribution in [3.05, 3.63) is 83.9 Å². The predicted molar refractivity (Wildman–Crippen MR) is 130 cm³/mol. The van der Waals surface area contributed by atoms with Gasteiger partial charge in [0.05, 0.1) is 17.8 Å². The highest BCUT2D eigenvalue weighted by atomic mass is 32.1. The first kappa shape index (κ1) is 20.3. The molecule has 1 aliphatic carbocycles. The van der Waals surface area contributed by atoms with E-state index in [0.29, 0.717) is 12.0 Å². The molecular formula is C26H30N4S. The maximum absolute atomic E-state index is 5.86. The Hall–Kier alpha value is -2.66. The zero-order chi connectivity index (χ0) is 21.4. The lowest BCUT2D eigenvalue weighted by atomic mass is 9.98. The van der Waals surface area contributed by atoms with Gasteiger partial charge in [0.15, 0.2) is 5.11 Å². The minimum absolute atomic E-state index is 0.0119. The van der Waals surface area contributed by atoms with Gasteiger partial charge in [0.1, 0.15) is 0 Å². The number of hydrogen-bond acceptors (Lipinski definition) is 2. The average Bonchev–Trinajstić information content (AvgIpc) is 3.54. The summed E-state index contributed by atoms with van der Waals surface area (Å²) in [4.78, 5) is 6.94. The van der Waals surface area contributed by atoms with Crippen molar-refractivity contribution in [2.75, 3.05) is 4.90 Å². The minimum atomic E-state index is 0.0119. The van der Waals surface area contributed by atoms with E-state index in [1.807, 2.05) is 18.3 Å². The molecule has 1 saturated heterocycles. The van der Waals surface area contributed by atoms with E-state index in [1.165, 1.54) is 36.8 Å². The highest BCUT2D eigenvalue weighted by molar-refractivity contribution is 7.80. The van der Waals surface area contributed by atoms with Crippen LogP contribution < -0.4 is 10.2 Å². The van der Waals surface area contributed by atoms with Gasteiger partial charge < -0.3 is 14.8 Å². The van der Waals surface area contributed by atoms with Crippen molar-refractivity contribution >= 4 is 23.0 Å². The molecule has 0 amide bonds. The third-order valence-electron chi connectivity index (χ3n) is 6.76. The van der Waals surface area contributed by atoms with E-state index in [1.54, 1.807) is 0 Å². The normalized spacial score (nSPS) is 21.8.